The van der Waals surface area contributed by atoms with E-state index in [-0.39, 0.29) is 23.8 Å². The van der Waals surface area contributed by atoms with Crippen molar-refractivity contribution in [3.8, 4) is 0 Å². The first-order valence-electron chi connectivity index (χ1n) is 5.84. The van der Waals surface area contributed by atoms with E-state index in [2.05, 4.69) is 0 Å². The number of esters is 1. The van der Waals surface area contributed by atoms with Crippen LogP contribution >= 0.6 is 12.4 Å². The van der Waals surface area contributed by atoms with Crippen molar-refractivity contribution in [2.45, 2.75) is 33.2 Å². The first-order valence-corrected chi connectivity index (χ1v) is 5.84. The number of rotatable bonds is 4. The van der Waals surface area contributed by atoms with Crippen LogP contribution < -0.4 is 5.73 Å². The molecule has 3 nitrogen and oxygen atoms in total. The number of hydrogen-bond acceptors (Lipinski definition) is 3. The van der Waals surface area contributed by atoms with Crippen molar-refractivity contribution < 1.29 is 9.53 Å². The van der Waals surface area contributed by atoms with Crippen LogP contribution in [0.4, 0.5) is 0 Å². The van der Waals surface area contributed by atoms with Gasteiger partial charge in [-0.25, -0.2) is 0 Å². The van der Waals surface area contributed by atoms with Crippen LogP contribution in [0.1, 0.15) is 26.3 Å². The molecule has 4 heteroatoms. The van der Waals surface area contributed by atoms with Crippen molar-refractivity contribution >= 4 is 18.4 Å². The van der Waals surface area contributed by atoms with Gasteiger partial charge in [-0.15, -0.1) is 12.4 Å². The minimum Gasteiger partial charge on any atom is -0.464 e. The van der Waals surface area contributed by atoms with E-state index in [1.54, 1.807) is 0 Å². The van der Waals surface area contributed by atoms with Crippen LogP contribution in [-0.2, 0) is 16.0 Å². The third-order valence-corrected chi connectivity index (χ3v) is 2.25. The summed E-state index contributed by atoms with van der Waals surface area (Å²) in [7, 11) is 0. The Morgan fingerprint density at radius 3 is 2.33 bits per heavy atom. The van der Waals surface area contributed by atoms with Crippen molar-refractivity contribution in [2.24, 2.45) is 11.1 Å². The first-order chi connectivity index (χ1) is 7.88. The average Bonchev–Trinajstić information content (AvgIpc) is 2.26. The maximum Gasteiger partial charge on any atom is 0.323 e. The molecule has 0 aromatic heterocycles. The Labute approximate surface area is 115 Å². The molecule has 1 unspecified atom stereocenters. The van der Waals surface area contributed by atoms with E-state index in [0.717, 1.165) is 5.56 Å². The molecule has 1 aromatic rings. The summed E-state index contributed by atoms with van der Waals surface area (Å²) in [6.07, 6.45) is 0.518. The van der Waals surface area contributed by atoms with Gasteiger partial charge in [-0.1, -0.05) is 51.1 Å². The summed E-state index contributed by atoms with van der Waals surface area (Å²) in [5.74, 6) is -0.330. The highest BCUT2D eigenvalue weighted by Gasteiger charge is 2.19. The van der Waals surface area contributed by atoms with Crippen LogP contribution in [0.15, 0.2) is 30.3 Å². The molecular formula is C14H22ClNO2. The number of carbonyl (C=O) groups is 1. The summed E-state index contributed by atoms with van der Waals surface area (Å²) in [5, 5.41) is 0. The van der Waals surface area contributed by atoms with Gasteiger partial charge in [-0.2, -0.15) is 0 Å². The predicted octanol–water partition coefficient (Wildman–Crippen LogP) is 2.57. The van der Waals surface area contributed by atoms with Gasteiger partial charge in [0.05, 0.1) is 6.61 Å². The quantitative estimate of drug-likeness (QED) is 0.857. The highest BCUT2D eigenvalue weighted by molar-refractivity contribution is 5.85. The van der Waals surface area contributed by atoms with Gasteiger partial charge >= 0.3 is 5.97 Å². The van der Waals surface area contributed by atoms with Crippen LogP contribution in [-0.4, -0.2) is 18.6 Å². The van der Waals surface area contributed by atoms with Crippen molar-refractivity contribution in [1.82, 2.24) is 0 Å². The van der Waals surface area contributed by atoms with Gasteiger partial charge in [0, 0.05) is 0 Å². The third-order valence-electron chi connectivity index (χ3n) is 2.25. The van der Waals surface area contributed by atoms with Crippen molar-refractivity contribution in [1.29, 1.82) is 0 Å². The lowest BCUT2D eigenvalue weighted by molar-refractivity contribution is -0.147. The molecule has 0 amide bonds. The van der Waals surface area contributed by atoms with E-state index in [1.807, 2.05) is 51.1 Å². The molecule has 2 N–H and O–H groups in total. The Balaban J connectivity index is 0.00000289. The second-order valence-electron chi connectivity index (χ2n) is 5.46. The largest absolute Gasteiger partial charge is 0.464 e. The van der Waals surface area contributed by atoms with Gasteiger partial charge in [0.25, 0.3) is 0 Å². The maximum atomic E-state index is 11.6. The molecule has 0 fully saturated rings. The monoisotopic (exact) mass is 271 g/mol. The molecule has 0 radical (unpaired) electrons. The molecule has 0 saturated heterocycles. The zero-order valence-electron chi connectivity index (χ0n) is 11.2. The molecule has 0 spiro atoms. The highest BCUT2D eigenvalue weighted by Crippen LogP contribution is 2.13. The molecule has 0 aliphatic heterocycles. The number of carbonyl (C=O) groups excluding carboxylic acids is 1. The lowest BCUT2D eigenvalue weighted by Gasteiger charge is -2.19. The minimum atomic E-state index is -0.584. The van der Waals surface area contributed by atoms with Gasteiger partial charge in [0.15, 0.2) is 0 Å². The van der Waals surface area contributed by atoms with Crippen LogP contribution in [0.3, 0.4) is 0 Å². The van der Waals surface area contributed by atoms with Crippen LogP contribution in [0.5, 0.6) is 0 Å². The summed E-state index contributed by atoms with van der Waals surface area (Å²) in [6.45, 7) is 6.45. The van der Waals surface area contributed by atoms with E-state index in [0.29, 0.717) is 13.0 Å². The number of ether oxygens (including phenoxy) is 1. The summed E-state index contributed by atoms with van der Waals surface area (Å²) in [5.41, 5.74) is 6.83. The molecule has 1 rings (SSSR count). The lowest BCUT2D eigenvalue weighted by Crippen LogP contribution is -2.36. The Bertz CT molecular complexity index is 360. The van der Waals surface area contributed by atoms with E-state index in [9.17, 15) is 4.79 Å². The molecule has 0 aliphatic carbocycles. The van der Waals surface area contributed by atoms with E-state index in [4.69, 9.17) is 10.5 Å². The number of halogens is 1. The molecule has 0 bridgehead atoms. The van der Waals surface area contributed by atoms with Gasteiger partial charge in [0.2, 0.25) is 0 Å². The molecule has 1 atom stereocenters. The summed E-state index contributed by atoms with van der Waals surface area (Å²) >= 11 is 0. The molecule has 0 heterocycles. The fraction of sp³-hybridized carbons (Fsp3) is 0.500. The Hall–Kier alpha value is -1.06. The molecule has 102 valence electrons. The molecule has 18 heavy (non-hydrogen) atoms. The van der Waals surface area contributed by atoms with Gasteiger partial charge < -0.3 is 10.5 Å². The number of hydrogen-bond donors (Lipinski definition) is 1. The van der Waals surface area contributed by atoms with Gasteiger partial charge in [-0.3, -0.25) is 4.79 Å². The smallest absolute Gasteiger partial charge is 0.323 e. The summed E-state index contributed by atoms with van der Waals surface area (Å²) < 4.78 is 5.18. The molecule has 0 saturated carbocycles. The second-order valence-corrected chi connectivity index (χ2v) is 5.46. The Morgan fingerprint density at radius 1 is 1.28 bits per heavy atom. The maximum absolute atomic E-state index is 11.6. The van der Waals surface area contributed by atoms with E-state index >= 15 is 0 Å². The Kier molecular flexibility index (Phi) is 6.96. The van der Waals surface area contributed by atoms with E-state index in [1.165, 1.54) is 0 Å². The molecular weight excluding hydrogens is 250 g/mol. The van der Waals surface area contributed by atoms with Crippen LogP contribution in [0, 0.1) is 5.41 Å². The highest BCUT2D eigenvalue weighted by atomic mass is 35.5. The van der Waals surface area contributed by atoms with Gasteiger partial charge in [-0.05, 0) is 17.4 Å². The van der Waals surface area contributed by atoms with Crippen molar-refractivity contribution in [2.75, 3.05) is 6.61 Å². The fourth-order valence-electron chi connectivity index (χ4n) is 1.35. The predicted molar refractivity (Wildman–Crippen MR) is 75.8 cm³/mol. The van der Waals surface area contributed by atoms with Crippen molar-refractivity contribution in [3.05, 3.63) is 35.9 Å². The molecule has 0 aliphatic rings. The zero-order valence-corrected chi connectivity index (χ0v) is 12.0. The average molecular weight is 272 g/mol. The normalized spacial score (nSPS) is 12.4. The zero-order chi connectivity index (χ0) is 12.9. The number of benzene rings is 1. The minimum absolute atomic E-state index is 0. The number of nitrogens with two attached hydrogens (primary N) is 1. The second kappa shape index (κ2) is 7.39. The van der Waals surface area contributed by atoms with Gasteiger partial charge in [0.1, 0.15) is 6.04 Å². The van der Waals surface area contributed by atoms with Crippen LogP contribution in [0.25, 0.3) is 0 Å². The van der Waals surface area contributed by atoms with Crippen LogP contribution in [0.2, 0.25) is 0 Å². The third kappa shape index (κ3) is 6.62. The molecule has 1 aromatic carbocycles. The topological polar surface area (TPSA) is 52.3 Å². The van der Waals surface area contributed by atoms with E-state index < -0.39 is 6.04 Å². The first kappa shape index (κ1) is 16.9. The Morgan fingerprint density at radius 2 is 1.83 bits per heavy atom. The van der Waals surface area contributed by atoms with Crippen molar-refractivity contribution in [3.63, 3.8) is 0 Å². The SMILES string of the molecule is CC(C)(C)COC(=O)C(N)Cc1ccccc1.Cl. The standard InChI is InChI=1S/C14H21NO2.ClH/c1-14(2,3)10-17-13(16)12(15)9-11-7-5-4-6-8-11;/h4-8,12H,9-10,15H2,1-3H3;1H. The lowest BCUT2D eigenvalue weighted by atomic mass is 9.98. The summed E-state index contributed by atoms with van der Waals surface area (Å²) in [4.78, 5) is 11.6. The summed E-state index contributed by atoms with van der Waals surface area (Å²) in [6, 6.07) is 9.13. The fourth-order valence-corrected chi connectivity index (χ4v) is 1.35.